The van der Waals surface area contributed by atoms with Gasteiger partial charge in [0.25, 0.3) is 0 Å². The van der Waals surface area contributed by atoms with Gasteiger partial charge in [-0.2, -0.15) is 0 Å². The number of hydrogen-bond donors (Lipinski definition) is 1. The summed E-state index contributed by atoms with van der Waals surface area (Å²) >= 11 is 1.67. The van der Waals surface area contributed by atoms with Gasteiger partial charge in [-0.15, -0.1) is 11.8 Å². The molecule has 0 spiro atoms. The van der Waals surface area contributed by atoms with Gasteiger partial charge in [0.2, 0.25) is 0 Å². The van der Waals surface area contributed by atoms with Gasteiger partial charge in [0, 0.05) is 17.2 Å². The van der Waals surface area contributed by atoms with E-state index in [2.05, 4.69) is 18.7 Å². The first-order valence-corrected chi connectivity index (χ1v) is 7.39. The van der Waals surface area contributed by atoms with E-state index in [1.807, 2.05) is 0 Å². The Kier molecular flexibility index (Phi) is 6.68. The molecule has 0 saturated heterocycles. The first-order valence-electron chi connectivity index (χ1n) is 6.41. The summed E-state index contributed by atoms with van der Waals surface area (Å²) in [5.74, 6) is 0.659. The molecular weight excluding hydrogens is 249 g/mol. The molecular formula is C14H22FNOS. The number of halogens is 1. The van der Waals surface area contributed by atoms with Gasteiger partial charge in [0.15, 0.2) is 0 Å². The number of aliphatic hydroxyl groups excluding tert-OH is 1. The Hall–Kier alpha value is -0.580. The summed E-state index contributed by atoms with van der Waals surface area (Å²) in [6, 6.07) is 4.63. The van der Waals surface area contributed by atoms with Crippen molar-refractivity contribution >= 4 is 11.8 Å². The van der Waals surface area contributed by atoms with E-state index < -0.39 is 6.10 Å². The second-order valence-corrected chi connectivity index (χ2v) is 5.37. The van der Waals surface area contributed by atoms with Crippen LogP contribution in [-0.2, 0) is 0 Å². The lowest BCUT2D eigenvalue weighted by molar-refractivity contribution is 0.196. The molecule has 1 aromatic carbocycles. The van der Waals surface area contributed by atoms with Gasteiger partial charge in [-0.25, -0.2) is 4.39 Å². The summed E-state index contributed by atoms with van der Waals surface area (Å²) in [5, 5.41) is 9.64. The van der Waals surface area contributed by atoms with Gasteiger partial charge < -0.3 is 10.0 Å². The highest BCUT2D eigenvalue weighted by molar-refractivity contribution is 7.99. The van der Waals surface area contributed by atoms with E-state index in [1.54, 1.807) is 24.8 Å². The maximum atomic E-state index is 13.1. The summed E-state index contributed by atoms with van der Waals surface area (Å²) in [4.78, 5) is 3.32. The summed E-state index contributed by atoms with van der Waals surface area (Å²) in [6.07, 6.45) is -0.628. The molecule has 4 heteroatoms. The topological polar surface area (TPSA) is 23.5 Å². The van der Waals surface area contributed by atoms with Crippen LogP contribution in [0.15, 0.2) is 23.1 Å². The third-order valence-electron chi connectivity index (χ3n) is 2.98. The molecule has 0 bridgehead atoms. The van der Waals surface area contributed by atoms with Gasteiger partial charge in [-0.1, -0.05) is 13.8 Å². The Morgan fingerprint density at radius 1 is 1.33 bits per heavy atom. The minimum Gasteiger partial charge on any atom is -0.389 e. The van der Waals surface area contributed by atoms with Gasteiger partial charge in [0.05, 0.1) is 6.10 Å². The zero-order valence-corrected chi connectivity index (χ0v) is 12.1. The Morgan fingerprint density at radius 3 is 2.56 bits per heavy atom. The van der Waals surface area contributed by atoms with Crippen molar-refractivity contribution in [2.24, 2.45) is 0 Å². The van der Waals surface area contributed by atoms with Gasteiger partial charge in [-0.05, 0) is 43.8 Å². The van der Waals surface area contributed by atoms with E-state index in [-0.39, 0.29) is 5.82 Å². The number of aliphatic hydroxyl groups is 1. The van der Waals surface area contributed by atoms with Crippen LogP contribution in [0.4, 0.5) is 4.39 Å². The van der Waals surface area contributed by atoms with E-state index in [0.29, 0.717) is 5.56 Å². The van der Waals surface area contributed by atoms with Crippen LogP contribution in [0, 0.1) is 5.82 Å². The van der Waals surface area contributed by atoms with Crippen LogP contribution in [0.2, 0.25) is 0 Å². The van der Waals surface area contributed by atoms with E-state index in [1.165, 1.54) is 12.1 Å². The number of benzene rings is 1. The van der Waals surface area contributed by atoms with Gasteiger partial charge in [-0.3, -0.25) is 0 Å². The Labute approximate surface area is 113 Å². The maximum absolute atomic E-state index is 13.1. The summed E-state index contributed by atoms with van der Waals surface area (Å²) in [6.45, 7) is 9.06. The molecule has 0 aliphatic carbocycles. The molecule has 0 amide bonds. The van der Waals surface area contributed by atoms with E-state index in [4.69, 9.17) is 0 Å². The van der Waals surface area contributed by atoms with E-state index in [9.17, 15) is 9.50 Å². The molecule has 0 radical (unpaired) electrons. The van der Waals surface area contributed by atoms with Crippen LogP contribution >= 0.6 is 11.8 Å². The highest BCUT2D eigenvalue weighted by Gasteiger charge is 2.10. The molecule has 2 nitrogen and oxygen atoms in total. The molecule has 0 saturated carbocycles. The second kappa shape index (κ2) is 7.77. The third-order valence-corrected chi connectivity index (χ3v) is 4.05. The van der Waals surface area contributed by atoms with Crippen molar-refractivity contribution in [1.82, 2.24) is 4.90 Å². The van der Waals surface area contributed by atoms with Crippen LogP contribution in [0.1, 0.15) is 32.4 Å². The molecule has 0 fully saturated rings. The smallest absolute Gasteiger partial charge is 0.123 e. The Bertz CT molecular complexity index is 367. The third kappa shape index (κ3) is 4.59. The molecule has 18 heavy (non-hydrogen) atoms. The first-order chi connectivity index (χ1) is 8.58. The normalized spacial score (nSPS) is 13.0. The molecule has 1 aromatic rings. The lowest BCUT2D eigenvalue weighted by Crippen LogP contribution is -2.25. The largest absolute Gasteiger partial charge is 0.389 e. The molecule has 1 N–H and O–H groups in total. The molecule has 1 rings (SSSR count). The molecule has 1 atom stereocenters. The highest BCUT2D eigenvalue weighted by atomic mass is 32.2. The fraction of sp³-hybridized carbons (Fsp3) is 0.571. The minimum absolute atomic E-state index is 0.293. The van der Waals surface area contributed by atoms with Gasteiger partial charge in [0.1, 0.15) is 5.82 Å². The van der Waals surface area contributed by atoms with Gasteiger partial charge >= 0.3 is 0 Å². The predicted molar refractivity (Wildman–Crippen MR) is 75.5 cm³/mol. The molecule has 102 valence electrons. The zero-order valence-electron chi connectivity index (χ0n) is 11.3. The summed E-state index contributed by atoms with van der Waals surface area (Å²) in [5.41, 5.74) is 0.680. The van der Waals surface area contributed by atoms with Crippen molar-refractivity contribution in [2.75, 3.05) is 25.4 Å². The van der Waals surface area contributed by atoms with Crippen molar-refractivity contribution in [3.8, 4) is 0 Å². The van der Waals surface area contributed by atoms with Crippen molar-refractivity contribution < 1.29 is 9.50 Å². The van der Waals surface area contributed by atoms with Crippen LogP contribution < -0.4 is 0 Å². The SMILES string of the molecule is CCN(CC)CCSc1ccc(F)cc1[C@@H](C)O. The second-order valence-electron chi connectivity index (χ2n) is 4.23. The highest BCUT2D eigenvalue weighted by Crippen LogP contribution is 2.28. The molecule has 0 heterocycles. The summed E-state index contributed by atoms with van der Waals surface area (Å²) < 4.78 is 13.1. The Balaban J connectivity index is 2.61. The molecule has 0 aromatic heterocycles. The van der Waals surface area contributed by atoms with Crippen LogP contribution in [0.25, 0.3) is 0 Å². The van der Waals surface area contributed by atoms with Crippen molar-refractivity contribution in [2.45, 2.75) is 31.8 Å². The molecule has 0 unspecified atom stereocenters. The fourth-order valence-corrected chi connectivity index (χ4v) is 2.93. The van der Waals surface area contributed by atoms with Crippen LogP contribution in [0.5, 0.6) is 0 Å². The number of thioether (sulfide) groups is 1. The van der Waals surface area contributed by atoms with Crippen molar-refractivity contribution in [3.05, 3.63) is 29.6 Å². The predicted octanol–water partition coefficient (Wildman–Crippen LogP) is 3.31. The zero-order chi connectivity index (χ0) is 13.5. The summed E-state index contributed by atoms with van der Waals surface area (Å²) in [7, 11) is 0. The van der Waals surface area contributed by atoms with Crippen LogP contribution in [0.3, 0.4) is 0 Å². The number of hydrogen-bond acceptors (Lipinski definition) is 3. The molecule has 0 aliphatic rings. The lowest BCUT2D eigenvalue weighted by Gasteiger charge is -2.18. The average molecular weight is 271 g/mol. The minimum atomic E-state index is -0.628. The standard InChI is InChI=1S/C14H22FNOS/c1-4-16(5-2)8-9-18-14-7-6-12(15)10-13(14)11(3)17/h6-7,10-11,17H,4-5,8-9H2,1-3H3/t11-/m1/s1. The molecule has 0 aliphatic heterocycles. The number of rotatable bonds is 7. The first kappa shape index (κ1) is 15.5. The van der Waals surface area contributed by atoms with Crippen LogP contribution in [-0.4, -0.2) is 35.4 Å². The lowest BCUT2D eigenvalue weighted by atomic mass is 10.1. The average Bonchev–Trinajstić information content (AvgIpc) is 2.36. The quantitative estimate of drug-likeness (QED) is 0.770. The Morgan fingerprint density at radius 2 is 2.00 bits per heavy atom. The number of nitrogens with zero attached hydrogens (tertiary/aromatic N) is 1. The monoisotopic (exact) mass is 271 g/mol. The van der Waals surface area contributed by atoms with Crippen molar-refractivity contribution in [1.29, 1.82) is 0 Å². The van der Waals surface area contributed by atoms with Crippen molar-refractivity contribution in [3.63, 3.8) is 0 Å². The maximum Gasteiger partial charge on any atom is 0.123 e. The fourth-order valence-electron chi connectivity index (χ4n) is 1.80. The van der Waals surface area contributed by atoms with E-state index >= 15 is 0 Å². The van der Waals surface area contributed by atoms with E-state index in [0.717, 1.165) is 30.3 Å².